The third-order valence-electron chi connectivity index (χ3n) is 8.38. The minimum Gasteiger partial charge on any atom is -0.481 e. The van der Waals surface area contributed by atoms with E-state index in [0.717, 1.165) is 40.0 Å². The van der Waals surface area contributed by atoms with Gasteiger partial charge in [-0.1, -0.05) is 11.2 Å². The van der Waals surface area contributed by atoms with Crippen molar-refractivity contribution < 1.29 is 28.0 Å². The summed E-state index contributed by atoms with van der Waals surface area (Å²) in [7, 11) is 0. The van der Waals surface area contributed by atoms with Crippen molar-refractivity contribution in [3.8, 4) is 11.1 Å². The number of amides is 1. The summed E-state index contributed by atoms with van der Waals surface area (Å²) < 4.78 is 35.6. The monoisotopic (exact) mass is 548 g/mol. The molecule has 3 heterocycles. The number of aromatic nitrogens is 3. The molecule has 0 bridgehead atoms. The number of hydrogen-bond donors (Lipinski definition) is 1. The normalized spacial score (nSPS) is 21.8. The predicted octanol–water partition coefficient (Wildman–Crippen LogP) is 6.66. The lowest BCUT2D eigenvalue weighted by Crippen LogP contribution is -2.40. The first-order valence-electron chi connectivity index (χ1n) is 13.7. The number of anilines is 1. The molecular weight excluding hydrogens is 518 g/mol. The van der Waals surface area contributed by atoms with Crippen molar-refractivity contribution in [2.75, 3.05) is 4.90 Å². The largest absolute Gasteiger partial charge is 0.481 e. The highest BCUT2D eigenvalue weighted by molar-refractivity contribution is 5.95. The summed E-state index contributed by atoms with van der Waals surface area (Å²) in [4.78, 5) is 31.5. The Bertz CT molecular complexity index is 1600. The van der Waals surface area contributed by atoms with Gasteiger partial charge in [-0.25, -0.2) is 13.8 Å². The van der Waals surface area contributed by atoms with Crippen LogP contribution in [0.1, 0.15) is 74.3 Å². The van der Waals surface area contributed by atoms with Crippen LogP contribution < -0.4 is 4.90 Å². The van der Waals surface area contributed by atoms with E-state index < -0.39 is 23.6 Å². The molecule has 1 saturated carbocycles. The van der Waals surface area contributed by atoms with Gasteiger partial charge in [0.05, 0.1) is 28.7 Å². The number of piperidine rings is 1. The Hall–Kier alpha value is -4.08. The Morgan fingerprint density at radius 1 is 1.02 bits per heavy atom. The van der Waals surface area contributed by atoms with Gasteiger partial charge in [0.15, 0.2) is 11.6 Å². The zero-order valence-electron chi connectivity index (χ0n) is 22.4. The average molecular weight is 549 g/mol. The minimum absolute atomic E-state index is 0.00986. The van der Waals surface area contributed by atoms with E-state index in [9.17, 15) is 23.5 Å². The van der Waals surface area contributed by atoms with E-state index in [2.05, 4.69) is 9.72 Å². The second-order valence-corrected chi connectivity index (χ2v) is 10.9. The van der Waals surface area contributed by atoms with Crippen LogP contribution in [0.2, 0.25) is 0 Å². The highest BCUT2D eigenvalue weighted by atomic mass is 19.2. The molecule has 2 aromatic carbocycles. The number of rotatable bonds is 5. The van der Waals surface area contributed by atoms with E-state index in [0.29, 0.717) is 62.2 Å². The number of nitrogens with zero attached hydrogens (tertiary/aromatic N) is 4. The smallest absolute Gasteiger partial charge is 0.306 e. The van der Waals surface area contributed by atoms with Gasteiger partial charge in [0.2, 0.25) is 5.91 Å². The Kier molecular flexibility index (Phi) is 6.64. The molecule has 6 rings (SSSR count). The van der Waals surface area contributed by atoms with Gasteiger partial charge in [0, 0.05) is 29.8 Å². The first-order valence-corrected chi connectivity index (χ1v) is 13.7. The van der Waals surface area contributed by atoms with Crippen LogP contribution in [0.4, 0.5) is 14.5 Å². The number of carboxylic acids is 1. The van der Waals surface area contributed by atoms with E-state index in [-0.39, 0.29) is 17.9 Å². The van der Waals surface area contributed by atoms with Gasteiger partial charge < -0.3 is 19.1 Å². The van der Waals surface area contributed by atoms with Crippen LogP contribution in [0.25, 0.3) is 22.2 Å². The van der Waals surface area contributed by atoms with Gasteiger partial charge >= 0.3 is 5.97 Å². The molecule has 208 valence electrons. The zero-order valence-corrected chi connectivity index (χ0v) is 22.4. The standard InChI is InChI=1S/C30H30F2N4O4/c1-16-28(17(2)40-34-16)19-8-13-25-24(14-19)33-29(36(25)20-9-6-18(7-10-20)30(38)39)26-4-3-5-27(37)35(26)21-11-12-22(31)23(32)15-21/h8,11-15,18,20,26H,3-7,9-10H2,1-2H3,(H,38,39)/t18-,20-,26-/m0/s1. The van der Waals surface area contributed by atoms with Gasteiger partial charge in [-0.05, 0) is 82.2 Å². The molecule has 2 aromatic heterocycles. The topological polar surface area (TPSA) is 101 Å². The third-order valence-corrected chi connectivity index (χ3v) is 8.38. The molecule has 1 amide bonds. The molecule has 1 N–H and O–H groups in total. The molecule has 2 fully saturated rings. The van der Waals surface area contributed by atoms with E-state index in [4.69, 9.17) is 9.51 Å². The number of imidazole rings is 1. The van der Waals surface area contributed by atoms with E-state index in [1.54, 1.807) is 4.90 Å². The lowest BCUT2D eigenvalue weighted by Gasteiger charge is -2.37. The maximum atomic E-state index is 14.3. The molecule has 1 aliphatic heterocycles. The Morgan fingerprint density at radius 2 is 1.80 bits per heavy atom. The van der Waals surface area contributed by atoms with Crippen molar-refractivity contribution in [1.29, 1.82) is 0 Å². The number of hydrogen-bond acceptors (Lipinski definition) is 5. The molecule has 10 heteroatoms. The molecule has 2 aliphatic rings. The fourth-order valence-corrected chi connectivity index (χ4v) is 6.44. The summed E-state index contributed by atoms with van der Waals surface area (Å²) in [5, 5.41) is 13.6. The second-order valence-electron chi connectivity index (χ2n) is 10.9. The number of carbonyl (C=O) groups excluding carboxylic acids is 1. The second kappa shape index (κ2) is 10.1. The number of benzene rings is 2. The van der Waals surface area contributed by atoms with Crippen LogP contribution >= 0.6 is 0 Å². The summed E-state index contributed by atoms with van der Waals surface area (Å²) in [6.07, 6.45) is 3.97. The fraction of sp³-hybridized carbons (Fsp3) is 0.400. The van der Waals surface area contributed by atoms with Crippen LogP contribution in [0, 0.1) is 31.4 Å². The molecular formula is C30H30F2N4O4. The van der Waals surface area contributed by atoms with Crippen LogP contribution in [0.3, 0.4) is 0 Å². The van der Waals surface area contributed by atoms with Gasteiger partial charge in [-0.15, -0.1) is 0 Å². The maximum Gasteiger partial charge on any atom is 0.306 e. The molecule has 40 heavy (non-hydrogen) atoms. The van der Waals surface area contributed by atoms with Crippen LogP contribution in [0.5, 0.6) is 0 Å². The lowest BCUT2D eigenvalue weighted by atomic mass is 9.85. The van der Waals surface area contributed by atoms with Gasteiger partial charge in [-0.3, -0.25) is 9.59 Å². The Morgan fingerprint density at radius 3 is 2.48 bits per heavy atom. The zero-order chi connectivity index (χ0) is 28.1. The van der Waals surface area contributed by atoms with Crippen molar-refractivity contribution in [3.05, 3.63) is 65.3 Å². The molecule has 4 aromatic rings. The minimum atomic E-state index is -1.01. The Balaban J connectivity index is 1.50. The molecule has 1 saturated heterocycles. The highest BCUT2D eigenvalue weighted by Gasteiger charge is 2.37. The maximum absolute atomic E-state index is 14.3. The van der Waals surface area contributed by atoms with Crippen LogP contribution in [0.15, 0.2) is 40.9 Å². The molecule has 1 aliphatic carbocycles. The summed E-state index contributed by atoms with van der Waals surface area (Å²) in [6.45, 7) is 3.74. The van der Waals surface area contributed by atoms with Crippen molar-refractivity contribution in [2.24, 2.45) is 5.92 Å². The summed E-state index contributed by atoms with van der Waals surface area (Å²) in [6, 6.07) is 9.01. The number of fused-ring (bicyclic) bond motifs is 1. The van der Waals surface area contributed by atoms with E-state index in [1.807, 2.05) is 32.0 Å². The van der Waals surface area contributed by atoms with E-state index >= 15 is 0 Å². The lowest BCUT2D eigenvalue weighted by molar-refractivity contribution is -0.143. The first kappa shape index (κ1) is 26.2. The number of carboxylic acid groups (broad SMARTS) is 1. The molecule has 8 nitrogen and oxygen atoms in total. The van der Waals surface area contributed by atoms with E-state index in [1.165, 1.54) is 6.07 Å². The molecule has 0 radical (unpaired) electrons. The third kappa shape index (κ3) is 4.45. The molecule has 0 unspecified atom stereocenters. The first-order chi connectivity index (χ1) is 19.2. The SMILES string of the molecule is Cc1noc(C)c1-c1ccc2c(c1)nc([C@@H]1CCCC(=O)N1c1ccc(F)c(F)c1)n2[C@H]1CC[C@H](C(=O)O)CC1. The summed E-state index contributed by atoms with van der Waals surface area (Å²) in [5.74, 6) is -1.95. The van der Waals surface area contributed by atoms with Crippen molar-refractivity contribution in [2.45, 2.75) is 70.9 Å². The average Bonchev–Trinajstić information content (AvgIpc) is 3.48. The molecule has 1 atom stereocenters. The van der Waals surface area contributed by atoms with Gasteiger partial charge in [0.25, 0.3) is 0 Å². The van der Waals surface area contributed by atoms with Gasteiger partial charge in [-0.2, -0.15) is 0 Å². The number of carbonyl (C=O) groups is 2. The summed E-state index contributed by atoms with van der Waals surface area (Å²) >= 11 is 0. The highest BCUT2D eigenvalue weighted by Crippen LogP contribution is 2.42. The predicted molar refractivity (Wildman–Crippen MR) is 144 cm³/mol. The fourth-order valence-electron chi connectivity index (χ4n) is 6.44. The number of aliphatic carboxylic acids is 1. The van der Waals surface area contributed by atoms with Gasteiger partial charge in [0.1, 0.15) is 11.6 Å². The van der Waals surface area contributed by atoms with Crippen LogP contribution in [-0.2, 0) is 9.59 Å². The molecule has 0 spiro atoms. The van der Waals surface area contributed by atoms with Crippen molar-refractivity contribution in [3.63, 3.8) is 0 Å². The quantitative estimate of drug-likeness (QED) is 0.299. The summed E-state index contributed by atoms with van der Waals surface area (Å²) in [5.41, 5.74) is 4.48. The van der Waals surface area contributed by atoms with Crippen molar-refractivity contribution in [1.82, 2.24) is 14.7 Å². The van der Waals surface area contributed by atoms with Crippen molar-refractivity contribution >= 4 is 28.6 Å². The van der Waals surface area contributed by atoms with Crippen LogP contribution in [-0.4, -0.2) is 31.7 Å². The number of halogens is 2. The number of aryl methyl sites for hydroxylation is 2. The Labute approximate surface area is 229 Å².